The maximum absolute atomic E-state index is 11.4. The number of hydrogen-bond donors (Lipinski definition) is 0. The van der Waals surface area contributed by atoms with E-state index in [-0.39, 0.29) is 11.9 Å². The van der Waals surface area contributed by atoms with Crippen LogP contribution in [0.25, 0.3) is 59.9 Å². The van der Waals surface area contributed by atoms with Gasteiger partial charge in [0, 0.05) is 41.4 Å². The highest BCUT2D eigenvalue weighted by atomic mass is 32.1. The van der Waals surface area contributed by atoms with E-state index in [1.54, 1.807) is 22.7 Å². The zero-order valence-corrected chi connectivity index (χ0v) is 25.6. The van der Waals surface area contributed by atoms with Crippen molar-refractivity contribution in [1.29, 1.82) is 0 Å². The fraction of sp³-hybridized carbons (Fsp3) is 0.143. The van der Waals surface area contributed by atoms with Crippen LogP contribution in [0.5, 0.6) is 0 Å². The summed E-state index contributed by atoms with van der Waals surface area (Å²) in [5.74, 6) is -0.692. The number of hydrogen-bond acceptors (Lipinski definition) is 10. The van der Waals surface area contributed by atoms with Crippen LogP contribution in [0.2, 0.25) is 0 Å². The van der Waals surface area contributed by atoms with Crippen LogP contribution >= 0.6 is 68.0 Å². The summed E-state index contributed by atoms with van der Waals surface area (Å²) in [6.45, 7) is 4.43. The van der Waals surface area contributed by atoms with E-state index >= 15 is 0 Å². The molecule has 6 aromatic heterocycles. The molecule has 4 nitrogen and oxygen atoms in total. The Morgan fingerprint density at radius 2 is 0.974 bits per heavy atom. The van der Waals surface area contributed by atoms with Crippen molar-refractivity contribution in [2.24, 2.45) is 0 Å². The van der Waals surface area contributed by atoms with Crippen LogP contribution in [-0.4, -0.2) is 26.2 Å². The maximum atomic E-state index is 11.4. The first-order valence-electron chi connectivity index (χ1n) is 11.5. The second kappa shape index (κ2) is 10.2. The molecule has 0 spiro atoms. The number of fused-ring (bicyclic) bond motifs is 5. The van der Waals surface area contributed by atoms with Gasteiger partial charge in [0.2, 0.25) is 0 Å². The largest absolute Gasteiger partial charge is 0.466 e. The Bertz CT molecular complexity index is 1770. The minimum Gasteiger partial charge on any atom is -0.466 e. The first kappa shape index (κ1) is 25.7. The quantitative estimate of drug-likeness (QED) is 0.139. The summed E-state index contributed by atoms with van der Waals surface area (Å²) in [6, 6.07) is 8.38. The highest BCUT2D eigenvalue weighted by Gasteiger charge is 2.23. The maximum Gasteiger partial charge on any atom is 0.330 e. The summed E-state index contributed by atoms with van der Waals surface area (Å²) in [4.78, 5) is 30.0. The van der Waals surface area contributed by atoms with Crippen molar-refractivity contribution >= 4 is 120 Å². The van der Waals surface area contributed by atoms with Crippen molar-refractivity contribution in [3.63, 3.8) is 0 Å². The number of carbonyl (C=O) groups excluding carboxylic acids is 2. The molecule has 6 aromatic rings. The van der Waals surface area contributed by atoms with E-state index in [0.717, 1.165) is 9.75 Å². The lowest BCUT2D eigenvalue weighted by Gasteiger charge is -1.95. The minimum atomic E-state index is -0.346. The van der Waals surface area contributed by atoms with Gasteiger partial charge in [0.25, 0.3) is 0 Å². The number of ether oxygens (including phenoxy) is 2. The third-order valence-electron chi connectivity index (χ3n) is 6.08. The molecule has 192 valence electrons. The van der Waals surface area contributed by atoms with Crippen LogP contribution in [0.15, 0.2) is 36.4 Å². The van der Waals surface area contributed by atoms with Crippen molar-refractivity contribution in [1.82, 2.24) is 0 Å². The van der Waals surface area contributed by atoms with E-state index in [0.29, 0.717) is 0 Å². The molecule has 6 rings (SSSR count). The fourth-order valence-corrected chi connectivity index (χ4v) is 12.4. The van der Waals surface area contributed by atoms with Gasteiger partial charge in [0.05, 0.1) is 42.4 Å². The Balaban J connectivity index is 1.36. The molecule has 0 amide bonds. The lowest BCUT2D eigenvalue weighted by molar-refractivity contribution is -0.135. The summed E-state index contributed by atoms with van der Waals surface area (Å²) in [7, 11) is 2.77. The van der Waals surface area contributed by atoms with Crippen molar-refractivity contribution < 1.29 is 19.1 Å². The number of esters is 2. The standard InChI is InChI=1S/C28H20O4S6/c1-13-21(17-9-5-15(33-17)7-11-19(29)31-3)35-25-23(13)37-28-26-24(38-27(25)28)14(2)22(36-26)18-10-6-16(34-18)8-12-20(30)32-4/h5-12H,1-4H3/b11-7+,12-8+. The monoisotopic (exact) mass is 612 g/mol. The van der Waals surface area contributed by atoms with E-state index in [1.165, 1.54) is 85.2 Å². The second-order valence-electron chi connectivity index (χ2n) is 8.41. The molecule has 0 aliphatic rings. The predicted molar refractivity (Wildman–Crippen MR) is 169 cm³/mol. The Kier molecular flexibility index (Phi) is 6.88. The van der Waals surface area contributed by atoms with Gasteiger partial charge in [-0.2, -0.15) is 0 Å². The number of carbonyl (C=O) groups is 2. The number of rotatable bonds is 6. The van der Waals surface area contributed by atoms with E-state index in [2.05, 4.69) is 38.1 Å². The van der Waals surface area contributed by atoms with Crippen LogP contribution in [0.4, 0.5) is 0 Å². The minimum absolute atomic E-state index is 0.346. The van der Waals surface area contributed by atoms with Crippen LogP contribution in [0, 0.1) is 13.8 Å². The predicted octanol–water partition coefficient (Wildman–Crippen LogP) is 9.84. The molecule has 0 aliphatic heterocycles. The SMILES string of the molecule is COC(=O)/C=C/c1ccc(-c2sc3c(sc4c5sc(-c6ccc(/C=C/C(=O)OC)s6)c(C)c5sc34)c2C)s1. The van der Waals surface area contributed by atoms with Crippen molar-refractivity contribution in [2.45, 2.75) is 13.8 Å². The smallest absolute Gasteiger partial charge is 0.330 e. The Hall–Kier alpha value is -2.60. The first-order valence-corrected chi connectivity index (χ1v) is 16.4. The highest BCUT2D eigenvalue weighted by molar-refractivity contribution is 7.46. The lowest BCUT2D eigenvalue weighted by Crippen LogP contribution is -1.92. The zero-order chi connectivity index (χ0) is 26.6. The number of aryl methyl sites for hydroxylation is 2. The molecule has 0 radical (unpaired) electrons. The van der Waals surface area contributed by atoms with Gasteiger partial charge in [0.1, 0.15) is 0 Å². The van der Waals surface area contributed by atoms with Gasteiger partial charge in [-0.1, -0.05) is 0 Å². The van der Waals surface area contributed by atoms with Gasteiger partial charge >= 0.3 is 11.9 Å². The molecule has 0 saturated heterocycles. The molecule has 0 bridgehead atoms. The zero-order valence-electron chi connectivity index (χ0n) is 20.7. The second-order valence-corrected chi connectivity index (χ2v) is 14.7. The van der Waals surface area contributed by atoms with E-state index < -0.39 is 0 Å². The van der Waals surface area contributed by atoms with E-state index in [4.69, 9.17) is 9.47 Å². The van der Waals surface area contributed by atoms with Crippen LogP contribution in [0.3, 0.4) is 0 Å². The Morgan fingerprint density at radius 1 is 0.579 bits per heavy atom. The molecular formula is C28H20O4S6. The van der Waals surface area contributed by atoms with Gasteiger partial charge in [-0.15, -0.1) is 68.0 Å². The topological polar surface area (TPSA) is 52.6 Å². The van der Waals surface area contributed by atoms with Gasteiger partial charge < -0.3 is 9.47 Å². The Morgan fingerprint density at radius 3 is 1.37 bits per heavy atom. The molecule has 6 heterocycles. The Labute approximate surface area is 242 Å². The summed E-state index contributed by atoms with van der Waals surface area (Å²) < 4.78 is 17.7. The molecule has 0 saturated carbocycles. The van der Waals surface area contributed by atoms with Crippen molar-refractivity contribution in [2.75, 3.05) is 14.2 Å². The summed E-state index contributed by atoms with van der Waals surface area (Å²) in [6.07, 6.45) is 6.54. The molecule has 0 N–H and O–H groups in total. The highest BCUT2D eigenvalue weighted by Crippen LogP contribution is 2.55. The lowest BCUT2D eigenvalue weighted by atomic mass is 10.2. The first-order chi connectivity index (χ1) is 18.4. The van der Waals surface area contributed by atoms with Crippen molar-refractivity contribution in [3.05, 3.63) is 57.3 Å². The van der Waals surface area contributed by atoms with Crippen LogP contribution in [0.1, 0.15) is 20.9 Å². The number of thiophene rings is 6. The molecule has 0 aliphatic carbocycles. The fourth-order valence-electron chi connectivity index (χ4n) is 4.17. The van der Waals surface area contributed by atoms with Gasteiger partial charge in [-0.05, 0) is 61.4 Å². The van der Waals surface area contributed by atoms with E-state index in [1.807, 2.05) is 57.5 Å². The van der Waals surface area contributed by atoms with Crippen LogP contribution in [-0.2, 0) is 19.1 Å². The van der Waals surface area contributed by atoms with Crippen molar-refractivity contribution in [3.8, 4) is 19.5 Å². The molecular weight excluding hydrogens is 593 g/mol. The third kappa shape index (κ3) is 4.39. The molecule has 0 aromatic carbocycles. The number of methoxy groups -OCH3 is 2. The summed E-state index contributed by atoms with van der Waals surface area (Å²) in [5.41, 5.74) is 2.65. The van der Waals surface area contributed by atoms with E-state index in [9.17, 15) is 9.59 Å². The molecule has 38 heavy (non-hydrogen) atoms. The molecule has 0 unspecified atom stereocenters. The van der Waals surface area contributed by atoms with Crippen LogP contribution < -0.4 is 0 Å². The molecule has 10 heteroatoms. The normalized spacial score (nSPS) is 12.2. The average molecular weight is 613 g/mol. The average Bonchev–Trinajstić information content (AvgIpc) is 3.74. The molecule has 0 atom stereocenters. The third-order valence-corrected chi connectivity index (χ3v) is 14.5. The van der Waals surface area contributed by atoms with Gasteiger partial charge in [0.15, 0.2) is 0 Å². The van der Waals surface area contributed by atoms with Gasteiger partial charge in [-0.3, -0.25) is 0 Å². The summed E-state index contributed by atoms with van der Waals surface area (Å²) in [5, 5.41) is 0. The summed E-state index contributed by atoms with van der Waals surface area (Å²) >= 11 is 10.9. The van der Waals surface area contributed by atoms with Gasteiger partial charge in [-0.25, -0.2) is 9.59 Å². The molecule has 0 fully saturated rings.